The van der Waals surface area contributed by atoms with Crippen molar-refractivity contribution in [2.75, 3.05) is 11.9 Å². The number of pyridine rings is 1. The van der Waals surface area contributed by atoms with Gasteiger partial charge in [0.2, 0.25) is 0 Å². The maximum atomic E-state index is 4.49. The molecular formula is C16H27N3. The highest BCUT2D eigenvalue weighted by Crippen LogP contribution is 2.24. The number of aromatic nitrogens is 1. The van der Waals surface area contributed by atoms with Gasteiger partial charge in [-0.25, -0.2) is 4.98 Å². The second-order valence-electron chi connectivity index (χ2n) is 5.78. The van der Waals surface area contributed by atoms with Gasteiger partial charge in [0.1, 0.15) is 5.82 Å². The highest BCUT2D eigenvalue weighted by atomic mass is 15.2. The van der Waals surface area contributed by atoms with E-state index < -0.39 is 0 Å². The van der Waals surface area contributed by atoms with Crippen molar-refractivity contribution in [2.24, 2.45) is 0 Å². The smallest absolute Gasteiger partial charge is 0.125 e. The molecule has 0 bridgehead atoms. The van der Waals surface area contributed by atoms with Crippen LogP contribution in [0.4, 0.5) is 5.82 Å². The third kappa shape index (κ3) is 3.93. The molecule has 1 N–H and O–H groups in total. The summed E-state index contributed by atoms with van der Waals surface area (Å²) in [6.45, 7) is 8.89. The quantitative estimate of drug-likeness (QED) is 0.876. The Morgan fingerprint density at radius 1 is 1.26 bits per heavy atom. The van der Waals surface area contributed by atoms with Crippen LogP contribution in [0, 0.1) is 0 Å². The van der Waals surface area contributed by atoms with E-state index in [1.165, 1.54) is 24.8 Å². The van der Waals surface area contributed by atoms with E-state index in [0.29, 0.717) is 12.1 Å². The van der Waals surface area contributed by atoms with E-state index in [9.17, 15) is 0 Å². The highest BCUT2D eigenvalue weighted by Gasteiger charge is 2.24. The van der Waals surface area contributed by atoms with Crippen LogP contribution in [-0.2, 0) is 6.54 Å². The average Bonchev–Trinajstić information content (AvgIpc) is 2.42. The molecule has 1 aliphatic heterocycles. The normalized spacial score (nSPS) is 24.4. The molecule has 2 rings (SSSR count). The van der Waals surface area contributed by atoms with E-state index in [0.717, 1.165) is 25.3 Å². The van der Waals surface area contributed by atoms with E-state index in [1.807, 2.05) is 6.20 Å². The first-order valence-corrected chi connectivity index (χ1v) is 7.65. The van der Waals surface area contributed by atoms with Crippen molar-refractivity contribution in [3.63, 3.8) is 0 Å². The molecule has 0 radical (unpaired) electrons. The zero-order chi connectivity index (χ0) is 13.7. The predicted molar refractivity (Wildman–Crippen MR) is 81.3 cm³/mol. The fraction of sp³-hybridized carbons (Fsp3) is 0.688. The second-order valence-corrected chi connectivity index (χ2v) is 5.78. The summed E-state index contributed by atoms with van der Waals surface area (Å²) in [5, 5.41) is 3.32. The van der Waals surface area contributed by atoms with Crippen molar-refractivity contribution < 1.29 is 0 Å². The molecule has 1 saturated heterocycles. The van der Waals surface area contributed by atoms with E-state index in [4.69, 9.17) is 0 Å². The molecule has 0 aliphatic carbocycles. The molecule has 1 aliphatic rings. The van der Waals surface area contributed by atoms with Crippen LogP contribution in [0.1, 0.15) is 52.0 Å². The zero-order valence-corrected chi connectivity index (χ0v) is 12.5. The van der Waals surface area contributed by atoms with E-state index >= 15 is 0 Å². The number of rotatable bonds is 5. The number of nitrogens with one attached hydrogen (secondary N) is 1. The molecule has 3 nitrogen and oxygen atoms in total. The van der Waals surface area contributed by atoms with Gasteiger partial charge < -0.3 is 5.32 Å². The van der Waals surface area contributed by atoms with Crippen LogP contribution in [0.25, 0.3) is 0 Å². The van der Waals surface area contributed by atoms with Crippen LogP contribution in [0.2, 0.25) is 0 Å². The summed E-state index contributed by atoms with van der Waals surface area (Å²) < 4.78 is 0. The van der Waals surface area contributed by atoms with Gasteiger partial charge in [0.15, 0.2) is 0 Å². The van der Waals surface area contributed by atoms with Crippen LogP contribution in [0.5, 0.6) is 0 Å². The maximum absolute atomic E-state index is 4.49. The van der Waals surface area contributed by atoms with Gasteiger partial charge in [0, 0.05) is 31.4 Å². The lowest BCUT2D eigenvalue weighted by Crippen LogP contribution is -2.42. The first kappa shape index (κ1) is 14.3. The third-order valence-corrected chi connectivity index (χ3v) is 4.12. The van der Waals surface area contributed by atoms with Crippen LogP contribution < -0.4 is 5.32 Å². The molecule has 1 fully saturated rings. The number of likely N-dealkylation sites (tertiary alicyclic amines) is 1. The van der Waals surface area contributed by atoms with Gasteiger partial charge in [-0.2, -0.15) is 0 Å². The topological polar surface area (TPSA) is 28.2 Å². The van der Waals surface area contributed by atoms with Crippen LogP contribution in [-0.4, -0.2) is 28.5 Å². The molecule has 2 heterocycles. The van der Waals surface area contributed by atoms with Gasteiger partial charge in [-0.05, 0) is 44.7 Å². The molecule has 19 heavy (non-hydrogen) atoms. The molecule has 0 spiro atoms. The van der Waals surface area contributed by atoms with E-state index in [-0.39, 0.29) is 0 Å². The van der Waals surface area contributed by atoms with Crippen LogP contribution in [0.3, 0.4) is 0 Å². The Morgan fingerprint density at radius 3 is 2.58 bits per heavy atom. The Labute approximate surface area is 117 Å². The first-order chi connectivity index (χ1) is 9.20. The van der Waals surface area contributed by atoms with Gasteiger partial charge in [0.05, 0.1) is 0 Å². The third-order valence-electron chi connectivity index (χ3n) is 4.12. The SMILES string of the molecule is CCCNc1ccc(CN2[C@H](C)CCC[C@@H]2C)cn1. The zero-order valence-electron chi connectivity index (χ0n) is 12.5. The lowest BCUT2D eigenvalue weighted by atomic mass is 9.97. The predicted octanol–water partition coefficient (Wildman–Crippen LogP) is 3.67. The Balaban J connectivity index is 1.94. The Bertz CT molecular complexity index is 364. The van der Waals surface area contributed by atoms with Crippen molar-refractivity contribution in [2.45, 2.75) is 65.1 Å². The Morgan fingerprint density at radius 2 is 2.00 bits per heavy atom. The lowest BCUT2D eigenvalue weighted by molar-refractivity contribution is 0.0952. The lowest BCUT2D eigenvalue weighted by Gasteiger charge is -2.39. The van der Waals surface area contributed by atoms with Crippen molar-refractivity contribution >= 4 is 5.82 Å². The monoisotopic (exact) mass is 261 g/mol. The van der Waals surface area contributed by atoms with E-state index in [2.05, 4.69) is 48.1 Å². The molecular weight excluding hydrogens is 234 g/mol. The minimum absolute atomic E-state index is 0.696. The summed E-state index contributed by atoms with van der Waals surface area (Å²) in [4.78, 5) is 7.10. The molecule has 3 heteroatoms. The van der Waals surface area contributed by atoms with E-state index in [1.54, 1.807) is 0 Å². The molecule has 1 aromatic heterocycles. The van der Waals surface area contributed by atoms with Crippen LogP contribution >= 0.6 is 0 Å². The summed E-state index contributed by atoms with van der Waals surface area (Å²) in [7, 11) is 0. The minimum Gasteiger partial charge on any atom is -0.370 e. The molecule has 2 atom stereocenters. The van der Waals surface area contributed by atoms with Gasteiger partial charge in [0.25, 0.3) is 0 Å². The van der Waals surface area contributed by atoms with Crippen molar-refractivity contribution in [1.29, 1.82) is 0 Å². The summed E-state index contributed by atoms with van der Waals surface area (Å²) in [5.41, 5.74) is 1.32. The highest BCUT2D eigenvalue weighted by molar-refractivity contribution is 5.35. The van der Waals surface area contributed by atoms with Crippen molar-refractivity contribution in [3.05, 3.63) is 23.9 Å². The Hall–Kier alpha value is -1.09. The van der Waals surface area contributed by atoms with Crippen molar-refractivity contribution in [3.8, 4) is 0 Å². The molecule has 0 saturated carbocycles. The molecule has 0 unspecified atom stereocenters. The van der Waals surface area contributed by atoms with Gasteiger partial charge >= 0.3 is 0 Å². The summed E-state index contributed by atoms with van der Waals surface area (Å²) in [6, 6.07) is 5.70. The number of piperidine rings is 1. The fourth-order valence-corrected chi connectivity index (χ4v) is 2.87. The Kier molecular flexibility index (Phi) is 5.20. The molecule has 0 aromatic carbocycles. The minimum atomic E-state index is 0.696. The number of hydrogen-bond donors (Lipinski definition) is 1. The van der Waals surface area contributed by atoms with Gasteiger partial charge in [-0.15, -0.1) is 0 Å². The number of anilines is 1. The molecule has 106 valence electrons. The number of hydrogen-bond acceptors (Lipinski definition) is 3. The maximum Gasteiger partial charge on any atom is 0.125 e. The standard InChI is InChI=1S/C16H27N3/c1-4-10-17-16-9-8-15(11-18-16)12-19-13(2)6-5-7-14(19)3/h8-9,11,13-14H,4-7,10,12H2,1-3H3,(H,17,18)/t13-,14+. The molecule has 1 aromatic rings. The van der Waals surface area contributed by atoms with Gasteiger partial charge in [-0.3, -0.25) is 4.90 Å². The summed E-state index contributed by atoms with van der Waals surface area (Å²) in [6.07, 6.45) is 7.18. The summed E-state index contributed by atoms with van der Waals surface area (Å²) in [5.74, 6) is 0.991. The number of nitrogens with zero attached hydrogens (tertiary/aromatic N) is 2. The summed E-state index contributed by atoms with van der Waals surface area (Å²) >= 11 is 0. The van der Waals surface area contributed by atoms with Crippen molar-refractivity contribution in [1.82, 2.24) is 9.88 Å². The second kappa shape index (κ2) is 6.90. The first-order valence-electron chi connectivity index (χ1n) is 7.65. The van der Waals surface area contributed by atoms with Crippen LogP contribution in [0.15, 0.2) is 18.3 Å². The van der Waals surface area contributed by atoms with Gasteiger partial charge in [-0.1, -0.05) is 19.4 Å². The fourth-order valence-electron chi connectivity index (χ4n) is 2.87. The largest absolute Gasteiger partial charge is 0.370 e. The average molecular weight is 261 g/mol. The molecule has 0 amide bonds.